The van der Waals surface area contributed by atoms with Crippen molar-refractivity contribution in [1.82, 2.24) is 0 Å². The van der Waals surface area contributed by atoms with Gasteiger partial charge in [-0.3, -0.25) is 0 Å². The predicted octanol–water partition coefficient (Wildman–Crippen LogP) is 6.08. The molecule has 0 aliphatic heterocycles. The van der Waals surface area contributed by atoms with Gasteiger partial charge in [-0.05, 0) is 38.6 Å². The first-order chi connectivity index (χ1) is 13.3. The smallest absolute Gasteiger partial charge is 0.105 e. The van der Waals surface area contributed by atoms with Crippen molar-refractivity contribution in [2.45, 2.75) is 12.0 Å². The molecule has 1 aliphatic carbocycles. The summed E-state index contributed by atoms with van der Waals surface area (Å²) in [6, 6.07) is 31.1. The van der Waals surface area contributed by atoms with Crippen LogP contribution in [0.5, 0.6) is 0 Å². The van der Waals surface area contributed by atoms with Gasteiger partial charge in [-0.15, -0.1) is 0 Å². The molecule has 0 spiro atoms. The number of hydrogen-bond acceptors (Lipinski definition) is 1. The Balaban J connectivity index is 1.75. The molecule has 4 aromatic carbocycles. The van der Waals surface area contributed by atoms with Crippen LogP contribution in [0.25, 0.3) is 16.8 Å². The zero-order valence-electron chi connectivity index (χ0n) is 14.9. The van der Waals surface area contributed by atoms with E-state index in [4.69, 9.17) is 0 Å². The lowest BCUT2D eigenvalue weighted by molar-refractivity contribution is 0.220. The van der Waals surface area contributed by atoms with Crippen LogP contribution in [0.1, 0.15) is 39.8 Å². The number of aliphatic hydroxyl groups excluding tert-OH is 1. The predicted molar refractivity (Wildman–Crippen MR) is 112 cm³/mol. The fourth-order valence-corrected chi connectivity index (χ4v) is 4.21. The van der Waals surface area contributed by atoms with E-state index in [1.54, 1.807) is 0 Å². The van der Waals surface area contributed by atoms with E-state index in [2.05, 4.69) is 60.7 Å². The molecule has 0 radical (unpaired) electrons. The van der Waals surface area contributed by atoms with Gasteiger partial charge in [0.05, 0.1) is 0 Å². The average Bonchev–Trinajstić information content (AvgIpc) is 3.17. The van der Waals surface area contributed by atoms with Gasteiger partial charge >= 0.3 is 0 Å². The Labute approximate surface area is 159 Å². The van der Waals surface area contributed by atoms with Crippen molar-refractivity contribution in [3.05, 3.63) is 125 Å². The van der Waals surface area contributed by atoms with Gasteiger partial charge in [0.2, 0.25) is 0 Å². The van der Waals surface area contributed by atoms with Crippen molar-refractivity contribution >= 4 is 16.8 Å². The highest BCUT2D eigenvalue weighted by atomic mass is 16.3. The Kier molecular flexibility index (Phi) is 3.88. The summed E-state index contributed by atoms with van der Waals surface area (Å²) in [6.45, 7) is 0. The lowest BCUT2D eigenvalue weighted by Gasteiger charge is -2.22. The standard InChI is InChI=1S/C26H20O/c27-26(20-10-2-1-3-11-20)25-22-13-7-5-9-19(22)15-17-24(25)23-16-14-18-8-4-6-12-21(18)23/h1-17,23,26-27H. The number of rotatable bonds is 3. The maximum atomic E-state index is 11.4. The van der Waals surface area contributed by atoms with Gasteiger partial charge in [0.15, 0.2) is 0 Å². The van der Waals surface area contributed by atoms with Gasteiger partial charge in [0, 0.05) is 5.92 Å². The first-order valence-electron chi connectivity index (χ1n) is 9.34. The SMILES string of the molecule is OC(c1ccccc1)c1c(C2C=Cc3ccccc32)ccc2ccccc12. The van der Waals surface area contributed by atoms with E-state index in [9.17, 15) is 5.11 Å². The van der Waals surface area contributed by atoms with Crippen LogP contribution in [0, 0.1) is 0 Å². The molecule has 0 aromatic heterocycles. The van der Waals surface area contributed by atoms with Crippen molar-refractivity contribution in [2.24, 2.45) is 0 Å². The van der Waals surface area contributed by atoms with Crippen molar-refractivity contribution in [1.29, 1.82) is 0 Å². The average molecular weight is 348 g/mol. The molecule has 0 heterocycles. The molecule has 1 nitrogen and oxygen atoms in total. The Hall–Kier alpha value is -3.16. The number of hydrogen-bond donors (Lipinski definition) is 1. The third-order valence-corrected chi connectivity index (χ3v) is 5.53. The minimum absolute atomic E-state index is 0.166. The molecule has 5 rings (SSSR count). The molecule has 0 bridgehead atoms. The lowest BCUT2D eigenvalue weighted by Crippen LogP contribution is -2.08. The molecule has 0 saturated carbocycles. The maximum Gasteiger partial charge on any atom is 0.105 e. The zero-order chi connectivity index (χ0) is 18.2. The summed E-state index contributed by atoms with van der Waals surface area (Å²) >= 11 is 0. The van der Waals surface area contributed by atoms with Crippen LogP contribution >= 0.6 is 0 Å². The summed E-state index contributed by atoms with van der Waals surface area (Å²) in [7, 11) is 0. The van der Waals surface area contributed by atoms with E-state index in [1.807, 2.05) is 42.5 Å². The minimum Gasteiger partial charge on any atom is -0.384 e. The molecule has 0 amide bonds. The summed E-state index contributed by atoms with van der Waals surface area (Å²) in [6.07, 6.45) is 3.78. The maximum absolute atomic E-state index is 11.4. The van der Waals surface area contributed by atoms with Gasteiger partial charge in [-0.1, -0.05) is 103 Å². The quantitative estimate of drug-likeness (QED) is 0.476. The lowest BCUT2D eigenvalue weighted by atomic mass is 9.83. The molecule has 1 N–H and O–H groups in total. The van der Waals surface area contributed by atoms with E-state index in [0.29, 0.717) is 0 Å². The van der Waals surface area contributed by atoms with Crippen LogP contribution in [0.2, 0.25) is 0 Å². The molecule has 1 aliphatic rings. The Morgan fingerprint density at radius 1 is 0.667 bits per heavy atom. The molecule has 0 fully saturated rings. The fraction of sp³-hybridized carbons (Fsp3) is 0.0769. The zero-order valence-corrected chi connectivity index (χ0v) is 14.9. The highest BCUT2D eigenvalue weighted by Gasteiger charge is 2.25. The van der Waals surface area contributed by atoms with Gasteiger partial charge in [0.25, 0.3) is 0 Å². The highest BCUT2D eigenvalue weighted by molar-refractivity contribution is 5.88. The van der Waals surface area contributed by atoms with Gasteiger partial charge in [0.1, 0.15) is 6.10 Å². The van der Waals surface area contributed by atoms with Crippen molar-refractivity contribution in [2.75, 3.05) is 0 Å². The number of allylic oxidation sites excluding steroid dienone is 1. The van der Waals surface area contributed by atoms with Gasteiger partial charge in [-0.2, -0.15) is 0 Å². The minimum atomic E-state index is -0.659. The number of aliphatic hydroxyl groups is 1. The normalized spacial score (nSPS) is 16.4. The third kappa shape index (κ3) is 2.68. The second-order valence-corrected chi connectivity index (χ2v) is 7.07. The Morgan fingerprint density at radius 2 is 1.41 bits per heavy atom. The second kappa shape index (κ2) is 6.53. The Morgan fingerprint density at radius 3 is 2.30 bits per heavy atom. The van der Waals surface area contributed by atoms with Gasteiger partial charge < -0.3 is 5.11 Å². The van der Waals surface area contributed by atoms with Crippen LogP contribution < -0.4 is 0 Å². The van der Waals surface area contributed by atoms with Crippen LogP contribution in [-0.2, 0) is 0 Å². The van der Waals surface area contributed by atoms with Crippen molar-refractivity contribution < 1.29 is 5.11 Å². The summed E-state index contributed by atoms with van der Waals surface area (Å²) < 4.78 is 0. The first kappa shape index (κ1) is 16.0. The van der Waals surface area contributed by atoms with Crippen LogP contribution in [-0.4, -0.2) is 5.11 Å². The third-order valence-electron chi connectivity index (χ3n) is 5.53. The van der Waals surface area contributed by atoms with Gasteiger partial charge in [-0.25, -0.2) is 0 Å². The first-order valence-corrected chi connectivity index (χ1v) is 9.34. The van der Waals surface area contributed by atoms with Crippen LogP contribution in [0.4, 0.5) is 0 Å². The second-order valence-electron chi connectivity index (χ2n) is 7.07. The Bertz CT molecular complexity index is 1140. The van der Waals surface area contributed by atoms with E-state index < -0.39 is 6.10 Å². The number of fused-ring (bicyclic) bond motifs is 2. The molecule has 2 atom stereocenters. The summed E-state index contributed by atoms with van der Waals surface area (Å²) in [5.74, 6) is 0.166. The topological polar surface area (TPSA) is 20.2 Å². The molecule has 27 heavy (non-hydrogen) atoms. The molecule has 2 unspecified atom stereocenters. The van der Waals surface area contributed by atoms with Crippen molar-refractivity contribution in [3.8, 4) is 0 Å². The van der Waals surface area contributed by atoms with E-state index in [-0.39, 0.29) is 5.92 Å². The van der Waals surface area contributed by atoms with E-state index >= 15 is 0 Å². The molecule has 4 aromatic rings. The molecule has 1 heteroatoms. The largest absolute Gasteiger partial charge is 0.384 e. The fourth-order valence-electron chi connectivity index (χ4n) is 4.21. The number of benzene rings is 4. The summed E-state index contributed by atoms with van der Waals surface area (Å²) in [4.78, 5) is 0. The monoisotopic (exact) mass is 348 g/mol. The molecule has 0 saturated heterocycles. The van der Waals surface area contributed by atoms with Crippen molar-refractivity contribution in [3.63, 3.8) is 0 Å². The van der Waals surface area contributed by atoms with E-state index in [1.165, 1.54) is 16.7 Å². The van der Waals surface area contributed by atoms with E-state index in [0.717, 1.165) is 21.9 Å². The van der Waals surface area contributed by atoms with Crippen LogP contribution in [0.3, 0.4) is 0 Å². The molecular weight excluding hydrogens is 328 g/mol. The molecular formula is C26H20O. The highest BCUT2D eigenvalue weighted by Crippen LogP contribution is 2.42. The molecule has 130 valence electrons. The summed E-state index contributed by atoms with van der Waals surface area (Å²) in [5.41, 5.74) is 5.66. The van der Waals surface area contributed by atoms with Crippen LogP contribution in [0.15, 0.2) is 97.1 Å². The summed E-state index contributed by atoms with van der Waals surface area (Å²) in [5, 5.41) is 13.6.